The number of ether oxygens (including phenoxy) is 14. The summed E-state index contributed by atoms with van der Waals surface area (Å²) in [5, 5.41) is 220. The quantitative estimate of drug-likeness (QED) is 0.100. The molecular formula is C42H70O37Te. The van der Waals surface area contributed by atoms with E-state index in [2.05, 4.69) is 0 Å². The van der Waals surface area contributed by atoms with Gasteiger partial charge in [-0.2, -0.15) is 0 Å². The van der Waals surface area contributed by atoms with Gasteiger partial charge in [0, 0.05) is 0 Å². The van der Waals surface area contributed by atoms with Crippen LogP contribution in [0.4, 0.5) is 0 Å². The van der Waals surface area contributed by atoms with Crippen molar-refractivity contribution in [2.45, 2.75) is 213 Å². The molecule has 0 amide bonds. The molecule has 0 spiro atoms. The van der Waals surface area contributed by atoms with Gasteiger partial charge in [0.15, 0.2) is 12.6 Å². The van der Waals surface area contributed by atoms with E-state index in [-0.39, 0.29) is 0 Å². The Morgan fingerprint density at radius 3 is 0.537 bits per heavy atom. The van der Waals surface area contributed by atoms with E-state index in [9.17, 15) is 112 Å². The van der Waals surface area contributed by atoms with Crippen molar-refractivity contribution in [2.24, 2.45) is 0 Å². The van der Waals surface area contributed by atoms with Crippen molar-refractivity contribution in [3.05, 3.63) is 0 Å². The van der Waals surface area contributed by atoms with E-state index in [1.165, 1.54) is 0 Å². The van der Waals surface area contributed by atoms with E-state index in [4.69, 9.17) is 66.3 Å². The van der Waals surface area contributed by atoms with E-state index in [0.717, 1.165) is 0 Å². The molecule has 0 aromatic heterocycles. The van der Waals surface area contributed by atoms with Crippen LogP contribution < -0.4 is 0 Å². The molecule has 21 N–H and O–H groups in total. The fourth-order valence-corrected chi connectivity index (χ4v) is 13.3. The first-order valence-electron chi connectivity index (χ1n) is 25.1. The number of rotatable bonds is 8. The number of aliphatic hydroxyl groups excluding tert-OH is 20. The van der Waals surface area contributed by atoms with Crippen molar-refractivity contribution < 1.29 is 178 Å². The SMILES string of the molecule is O=[Te](=O)(O)[C@H]1[C@H]2O[C@H]3[C@H](O)[C@H](O)[C@@H](O[C@H]4[C@@H](O)[C@H](O)[C@@H](O[C@H]5[C@@H](O)[C@H](O)[C@@H](O[C@H]6[C@H](O)[C@@H](O)[C@@H](O[C@H]7[C@H](O)[C@@H](O)[C@@H](O[C@H]8[C@H](O)[C@@H](O)[C@@H](O[C@@H]([C@@H]1O)[C@H](CO)O2)O[C@@H]8CO)O[C@@H]7CO)O[C@@H]6CO)O[C@@H]5CO)O[C@@H]4CO)O[C@@H]3CO. The predicted molar refractivity (Wildman–Crippen MR) is 236 cm³/mol. The van der Waals surface area contributed by atoms with E-state index >= 15 is 0 Å². The molecular weight excluding hydrogens is 1220 g/mol. The molecule has 14 bridgehead atoms. The van der Waals surface area contributed by atoms with E-state index in [1.54, 1.807) is 0 Å². The molecule has 0 aliphatic carbocycles. The molecule has 466 valence electrons. The van der Waals surface area contributed by atoms with Crippen LogP contribution in [0.3, 0.4) is 0 Å². The van der Waals surface area contributed by atoms with Crippen molar-refractivity contribution >= 4 is 18.6 Å². The third-order valence-electron chi connectivity index (χ3n) is 15.1. The van der Waals surface area contributed by atoms with Gasteiger partial charge < -0.3 is 64.5 Å². The van der Waals surface area contributed by atoms with Crippen LogP contribution in [-0.4, -0.2) is 379 Å². The Morgan fingerprint density at radius 2 is 0.375 bits per heavy atom. The molecule has 0 aromatic carbocycles. The second-order valence-electron chi connectivity index (χ2n) is 20.1. The Kier molecular flexibility index (Phi) is 21.9. The first-order chi connectivity index (χ1) is 37.9. The normalized spacial score (nSPS) is 53.9. The number of hydrogen-bond donors (Lipinski definition) is 21. The summed E-state index contributed by atoms with van der Waals surface area (Å²) in [4.78, 5) is 0. The maximum atomic E-state index is 13.1. The molecule has 0 aromatic rings. The zero-order valence-corrected chi connectivity index (χ0v) is 43.8. The van der Waals surface area contributed by atoms with Gasteiger partial charge in [-0.05, 0) is 0 Å². The van der Waals surface area contributed by atoms with Crippen molar-refractivity contribution in [3.63, 3.8) is 0 Å². The summed E-state index contributed by atoms with van der Waals surface area (Å²) in [6, 6.07) is 0. The average Bonchev–Trinajstić information content (AvgIpc) is 3.57. The molecule has 15 rings (SSSR count). The molecule has 80 heavy (non-hydrogen) atoms. The fourth-order valence-electron chi connectivity index (χ4n) is 10.7. The van der Waals surface area contributed by atoms with Gasteiger partial charge in [-0.15, -0.1) is 0 Å². The van der Waals surface area contributed by atoms with Crippen LogP contribution in [0.2, 0.25) is 3.97 Å². The minimum absolute atomic E-state index is 1.07. The molecule has 15 saturated heterocycles. The Labute approximate surface area is 454 Å². The third-order valence-corrected chi connectivity index (χ3v) is 18.5. The van der Waals surface area contributed by atoms with Crippen LogP contribution >= 0.6 is 0 Å². The zero-order valence-electron chi connectivity index (χ0n) is 41.5. The van der Waals surface area contributed by atoms with Crippen LogP contribution in [0.25, 0.3) is 0 Å². The van der Waals surface area contributed by atoms with E-state index < -0.39 is 278 Å². The Bertz CT molecular complexity index is 2060. The molecule has 15 fully saturated rings. The zero-order chi connectivity index (χ0) is 58.6. The molecule has 0 unspecified atom stereocenters. The maximum absolute atomic E-state index is 13.1. The van der Waals surface area contributed by atoms with Gasteiger partial charge in [-0.25, -0.2) is 0 Å². The van der Waals surface area contributed by atoms with Crippen molar-refractivity contribution in [2.75, 3.05) is 46.2 Å². The monoisotopic (exact) mass is 1300 g/mol. The van der Waals surface area contributed by atoms with Crippen LogP contribution in [0.5, 0.6) is 0 Å². The van der Waals surface area contributed by atoms with Crippen molar-refractivity contribution in [3.8, 4) is 0 Å². The summed E-state index contributed by atoms with van der Waals surface area (Å²) in [5.41, 5.74) is 0. The summed E-state index contributed by atoms with van der Waals surface area (Å²) in [7, 11) is 0. The van der Waals surface area contributed by atoms with E-state index in [1.807, 2.05) is 0 Å². The van der Waals surface area contributed by atoms with Gasteiger partial charge in [0.05, 0.1) is 19.8 Å². The second kappa shape index (κ2) is 26.9. The Balaban J connectivity index is 1.10. The number of fused-ring (bicyclic) bond motifs is 7. The summed E-state index contributed by atoms with van der Waals surface area (Å²) < 4.78 is 113. The van der Waals surface area contributed by atoms with Gasteiger partial charge in [0.2, 0.25) is 0 Å². The van der Waals surface area contributed by atoms with Gasteiger partial charge in [-0.3, -0.25) is 0 Å². The first kappa shape index (κ1) is 65.0. The molecule has 15 heterocycles. The van der Waals surface area contributed by atoms with Crippen LogP contribution in [0, 0.1) is 0 Å². The third kappa shape index (κ3) is 12.7. The summed E-state index contributed by atoms with van der Waals surface area (Å²) in [6.45, 7) is -7.85. The number of hydrogen-bond acceptors (Lipinski definition) is 36. The van der Waals surface area contributed by atoms with Gasteiger partial charge in [0.25, 0.3) is 0 Å². The van der Waals surface area contributed by atoms with Crippen molar-refractivity contribution in [1.82, 2.24) is 0 Å². The number of aliphatic hydroxyl groups is 20. The van der Waals surface area contributed by atoms with Crippen molar-refractivity contribution in [1.29, 1.82) is 0 Å². The van der Waals surface area contributed by atoms with Crippen LogP contribution in [0.15, 0.2) is 0 Å². The standard InChI is InChI=1S/C42H70O37Te/c43-1-8-28-15(50)21(56)37(66-8)74-30-10(3-45)68-39(23(58)17(30)52)76-32-12(5-47)70-41(25(60)19(32)54)78-34-14(7-49)72-42(35(27(34)62)80(63,64)65)79-33-13(6-48)71-40(26(61)20(33)55)77-31-11(4-46)69-38(24(59)18(31)53)75-29-9(2-44)67-36(73-28)22(57)16(29)51/h8-62H,1-7H2,(H,63,64,65)/t8-,9-,10-,11-,12-,13-,14+,15-,16+,17-,18+,19-,20-,21-,22+,23-,24+,25-,26+,27+,28-,29-,30-,31-,32-,33-,34-,35-,36-,37-,38-,39-,40-,41-,42-/m1/s1. The molecule has 15 aliphatic rings. The summed E-state index contributed by atoms with van der Waals surface area (Å²) in [5.74, 6) is 0. The minimum atomic E-state index is -7.01. The molecule has 37 nitrogen and oxygen atoms in total. The van der Waals surface area contributed by atoms with Gasteiger partial charge in [0.1, 0.15) is 54.9 Å². The second-order valence-corrected chi connectivity index (χ2v) is 24.6. The summed E-state index contributed by atoms with van der Waals surface area (Å²) >= 11 is -7.01. The van der Waals surface area contributed by atoms with Gasteiger partial charge in [-0.1, -0.05) is 0 Å². The Hall–Kier alpha value is -1.01. The van der Waals surface area contributed by atoms with Gasteiger partial charge >= 0.3 is 304 Å². The first-order valence-corrected chi connectivity index (χ1v) is 29.4. The average molecular weight is 1290 g/mol. The summed E-state index contributed by atoms with van der Waals surface area (Å²) in [6.07, 6.45) is -71.7. The van der Waals surface area contributed by atoms with Crippen LogP contribution in [-0.2, 0) is 72.5 Å². The molecule has 35 atom stereocenters. The predicted octanol–water partition coefficient (Wildman–Crippen LogP) is -15.4. The van der Waals surface area contributed by atoms with E-state index in [0.29, 0.717) is 0 Å². The van der Waals surface area contributed by atoms with Crippen LogP contribution in [0.1, 0.15) is 0 Å². The Morgan fingerprint density at radius 1 is 0.225 bits per heavy atom. The topological polar surface area (TPSA) is 588 Å². The fraction of sp³-hybridized carbons (Fsp3) is 1.00. The molecule has 0 saturated carbocycles. The molecule has 0 radical (unpaired) electrons. The molecule has 38 heteroatoms. The molecule has 15 aliphatic heterocycles.